The topological polar surface area (TPSA) is 106 Å². The van der Waals surface area contributed by atoms with Crippen LogP contribution in [0.4, 0.5) is 0 Å². The van der Waals surface area contributed by atoms with Gasteiger partial charge in [0.15, 0.2) is 0 Å². The first kappa shape index (κ1) is 17.4. The molecule has 5 aliphatic rings. The van der Waals surface area contributed by atoms with E-state index < -0.39 is 0 Å². The maximum absolute atomic E-state index is 13.1. The standard InChI is InChI=1S/C22H27N5O2/c23-4-5-24-20(28)22-8-12-6-13(9-22)18(14(7-12)10-22)27-19-15-2-1-3-16(15)25-11-17(19)26-21(27)29/h1-2,11-14,18H,3-10,23H2,(H,24,28)(H,26,29). The Morgan fingerprint density at radius 1 is 1.31 bits per heavy atom. The number of nitrogens with one attached hydrogen (secondary N) is 2. The number of H-pyrrole nitrogens is 1. The van der Waals surface area contributed by atoms with Crippen LogP contribution in [0, 0.1) is 23.2 Å². The molecule has 7 rings (SSSR count). The van der Waals surface area contributed by atoms with Crippen molar-refractivity contribution >= 4 is 23.0 Å². The van der Waals surface area contributed by atoms with E-state index in [1.54, 1.807) is 6.20 Å². The van der Waals surface area contributed by atoms with Crippen molar-refractivity contribution in [2.75, 3.05) is 13.1 Å². The zero-order valence-electron chi connectivity index (χ0n) is 16.5. The number of nitrogens with two attached hydrogens (primary N) is 1. The average Bonchev–Trinajstić information content (AvgIpc) is 3.29. The van der Waals surface area contributed by atoms with Gasteiger partial charge >= 0.3 is 5.69 Å². The second-order valence-corrected chi connectivity index (χ2v) is 9.57. The summed E-state index contributed by atoms with van der Waals surface area (Å²) in [6, 6.07) is 0.170. The maximum Gasteiger partial charge on any atom is 0.326 e. The van der Waals surface area contributed by atoms with Crippen molar-refractivity contribution < 1.29 is 4.79 Å². The van der Waals surface area contributed by atoms with E-state index >= 15 is 0 Å². The predicted molar refractivity (Wildman–Crippen MR) is 110 cm³/mol. The van der Waals surface area contributed by atoms with Gasteiger partial charge in [-0.1, -0.05) is 12.2 Å². The van der Waals surface area contributed by atoms with E-state index in [2.05, 4.69) is 27.4 Å². The minimum Gasteiger partial charge on any atom is -0.354 e. The van der Waals surface area contributed by atoms with Crippen LogP contribution in [0.2, 0.25) is 0 Å². The molecule has 0 saturated heterocycles. The quantitative estimate of drug-likeness (QED) is 0.736. The average molecular weight is 393 g/mol. The summed E-state index contributed by atoms with van der Waals surface area (Å²) >= 11 is 0. The monoisotopic (exact) mass is 393 g/mol. The smallest absolute Gasteiger partial charge is 0.326 e. The van der Waals surface area contributed by atoms with E-state index in [1.165, 1.54) is 0 Å². The minimum atomic E-state index is -0.263. The number of hydrogen-bond donors (Lipinski definition) is 3. The number of imidazole rings is 1. The van der Waals surface area contributed by atoms with Crippen LogP contribution in [0.1, 0.15) is 49.4 Å². The molecule has 2 unspecified atom stereocenters. The third kappa shape index (κ3) is 2.37. The number of pyridine rings is 1. The molecule has 2 aromatic rings. The van der Waals surface area contributed by atoms with Crippen molar-refractivity contribution in [1.29, 1.82) is 0 Å². The van der Waals surface area contributed by atoms with E-state index in [1.807, 2.05) is 4.57 Å². The van der Waals surface area contributed by atoms with Gasteiger partial charge < -0.3 is 16.0 Å². The highest BCUT2D eigenvalue weighted by atomic mass is 16.2. The molecule has 0 aromatic carbocycles. The van der Waals surface area contributed by atoms with Crippen LogP contribution in [0.25, 0.3) is 17.1 Å². The minimum absolute atomic E-state index is 0.0328. The van der Waals surface area contributed by atoms with Gasteiger partial charge in [-0.05, 0) is 49.9 Å². The van der Waals surface area contributed by atoms with Crippen LogP contribution in [0.3, 0.4) is 0 Å². The zero-order valence-corrected chi connectivity index (χ0v) is 16.5. The molecular formula is C22H27N5O2. The summed E-state index contributed by atoms with van der Waals surface area (Å²) in [5, 5.41) is 3.06. The highest BCUT2D eigenvalue weighted by Gasteiger charge is 2.59. The van der Waals surface area contributed by atoms with Gasteiger partial charge in [-0.2, -0.15) is 0 Å². The first-order valence-electron chi connectivity index (χ1n) is 10.9. The summed E-state index contributed by atoms with van der Waals surface area (Å²) in [6.45, 7) is 1.01. The fourth-order valence-corrected chi connectivity index (χ4v) is 7.16. The molecule has 4 fully saturated rings. The van der Waals surface area contributed by atoms with Crippen LogP contribution >= 0.6 is 0 Å². The van der Waals surface area contributed by atoms with Crippen molar-refractivity contribution in [3.8, 4) is 0 Å². The number of carbonyl (C=O) groups is 1. The normalized spacial score (nSPS) is 34.1. The van der Waals surface area contributed by atoms with E-state index in [-0.39, 0.29) is 23.1 Å². The van der Waals surface area contributed by atoms with Gasteiger partial charge in [-0.3, -0.25) is 14.3 Å². The Morgan fingerprint density at radius 2 is 2.10 bits per heavy atom. The van der Waals surface area contributed by atoms with Gasteiger partial charge in [0.2, 0.25) is 5.91 Å². The molecule has 4 saturated carbocycles. The van der Waals surface area contributed by atoms with Gasteiger partial charge in [0.05, 0.1) is 28.3 Å². The summed E-state index contributed by atoms with van der Waals surface area (Å²) in [5.41, 5.74) is 9.27. The summed E-state index contributed by atoms with van der Waals surface area (Å²) in [6.07, 6.45) is 11.8. The first-order chi connectivity index (χ1) is 14.1. The van der Waals surface area contributed by atoms with Crippen molar-refractivity contribution in [1.82, 2.24) is 19.9 Å². The lowest BCUT2D eigenvalue weighted by Crippen LogP contribution is -2.58. The Morgan fingerprint density at radius 3 is 2.86 bits per heavy atom. The maximum atomic E-state index is 13.1. The SMILES string of the molecule is NCCNC(=O)C12CC3CC(C1)C(n1c(=O)[nH]c4cnc5c(c41)C=CC5)C(C3)C2. The van der Waals surface area contributed by atoms with Crippen LogP contribution < -0.4 is 16.7 Å². The molecule has 2 aromatic heterocycles. The molecule has 7 nitrogen and oxygen atoms in total. The Kier molecular flexibility index (Phi) is 3.64. The molecule has 4 N–H and O–H groups in total. The third-order valence-corrected chi connectivity index (χ3v) is 7.90. The van der Waals surface area contributed by atoms with Crippen molar-refractivity contribution in [3.05, 3.63) is 34.0 Å². The lowest BCUT2D eigenvalue weighted by Gasteiger charge is -2.59. The van der Waals surface area contributed by atoms with Crippen LogP contribution in [0.15, 0.2) is 17.1 Å². The molecule has 4 bridgehead atoms. The summed E-state index contributed by atoms with van der Waals surface area (Å²) < 4.78 is 2.03. The molecule has 152 valence electrons. The highest BCUT2D eigenvalue weighted by molar-refractivity contribution is 5.87. The van der Waals surface area contributed by atoms with Crippen molar-refractivity contribution in [3.63, 3.8) is 0 Å². The van der Waals surface area contributed by atoms with E-state index in [0.717, 1.165) is 60.8 Å². The number of nitrogens with zero attached hydrogens (tertiary/aromatic N) is 2. The number of allylic oxidation sites excluding steroid dienone is 1. The Bertz CT molecular complexity index is 1080. The van der Waals surface area contributed by atoms with Crippen LogP contribution in [-0.2, 0) is 11.2 Å². The zero-order chi connectivity index (χ0) is 19.8. The Hall–Kier alpha value is -2.41. The van der Waals surface area contributed by atoms with E-state index in [0.29, 0.717) is 30.8 Å². The van der Waals surface area contributed by atoms with Gasteiger partial charge in [-0.25, -0.2) is 4.79 Å². The largest absolute Gasteiger partial charge is 0.354 e. The van der Waals surface area contributed by atoms with Gasteiger partial charge in [-0.15, -0.1) is 0 Å². The lowest BCUT2D eigenvalue weighted by atomic mass is 9.47. The fraction of sp³-hybridized carbons (Fsp3) is 0.591. The van der Waals surface area contributed by atoms with E-state index in [9.17, 15) is 9.59 Å². The fourth-order valence-electron chi connectivity index (χ4n) is 7.16. The lowest BCUT2D eigenvalue weighted by molar-refractivity contribution is -0.151. The first-order valence-corrected chi connectivity index (χ1v) is 10.9. The third-order valence-electron chi connectivity index (χ3n) is 7.90. The summed E-state index contributed by atoms with van der Waals surface area (Å²) in [4.78, 5) is 33.7. The number of carbonyl (C=O) groups excluding carboxylic acids is 1. The molecule has 0 aliphatic heterocycles. The number of rotatable bonds is 4. The number of aromatic amines is 1. The number of amides is 1. The summed E-state index contributed by atoms with van der Waals surface area (Å²) in [5.74, 6) is 1.52. The molecular weight excluding hydrogens is 366 g/mol. The van der Waals surface area contributed by atoms with Gasteiger partial charge in [0.1, 0.15) is 0 Å². The van der Waals surface area contributed by atoms with Crippen molar-refractivity contribution in [2.45, 2.75) is 44.6 Å². The molecule has 1 amide bonds. The second kappa shape index (κ2) is 6.05. The molecule has 0 spiro atoms. The van der Waals surface area contributed by atoms with Crippen LogP contribution in [0.5, 0.6) is 0 Å². The molecule has 2 heterocycles. The molecule has 7 heteroatoms. The van der Waals surface area contributed by atoms with Crippen molar-refractivity contribution in [2.24, 2.45) is 28.9 Å². The molecule has 2 atom stereocenters. The van der Waals surface area contributed by atoms with Gasteiger partial charge in [0.25, 0.3) is 0 Å². The number of fused-ring (bicyclic) bond motifs is 3. The van der Waals surface area contributed by atoms with Crippen LogP contribution in [-0.4, -0.2) is 33.5 Å². The van der Waals surface area contributed by atoms with E-state index in [4.69, 9.17) is 5.73 Å². The number of hydrogen-bond acceptors (Lipinski definition) is 4. The number of aromatic nitrogens is 3. The predicted octanol–water partition coefficient (Wildman–Crippen LogP) is 1.74. The Labute approximate surface area is 168 Å². The molecule has 0 radical (unpaired) electrons. The second-order valence-electron chi connectivity index (χ2n) is 9.57. The molecule has 29 heavy (non-hydrogen) atoms. The Balaban J connectivity index is 1.43. The van der Waals surface area contributed by atoms with Gasteiger partial charge in [0, 0.05) is 31.1 Å². The molecule has 5 aliphatic carbocycles. The summed E-state index contributed by atoms with van der Waals surface area (Å²) in [7, 11) is 0. The highest BCUT2D eigenvalue weighted by Crippen LogP contribution is 2.63.